The van der Waals surface area contributed by atoms with E-state index >= 15 is 0 Å². The Morgan fingerprint density at radius 2 is 1.81 bits per heavy atom. The lowest BCUT2D eigenvalue weighted by molar-refractivity contribution is 0.174. The van der Waals surface area contributed by atoms with Crippen LogP contribution in [-0.2, 0) is 6.54 Å². The molecule has 0 saturated carbocycles. The SMILES string of the molecule is Cc1cccc(C)c1C(=S)NCc1ccc2c(c1)OCO2. The zero-order valence-electron chi connectivity index (χ0n) is 12.1. The molecule has 2 aromatic carbocycles. The maximum atomic E-state index is 5.53. The second kappa shape index (κ2) is 5.74. The van der Waals surface area contributed by atoms with Crippen LogP contribution in [0.25, 0.3) is 0 Å². The number of hydrogen-bond acceptors (Lipinski definition) is 3. The van der Waals surface area contributed by atoms with Gasteiger partial charge in [-0.05, 0) is 42.7 Å². The van der Waals surface area contributed by atoms with Crippen molar-refractivity contribution < 1.29 is 9.47 Å². The average molecular weight is 299 g/mol. The van der Waals surface area contributed by atoms with Crippen molar-refractivity contribution in [3.05, 3.63) is 58.7 Å². The van der Waals surface area contributed by atoms with E-state index in [1.165, 1.54) is 11.1 Å². The molecule has 2 aromatic rings. The van der Waals surface area contributed by atoms with Crippen LogP contribution in [0.3, 0.4) is 0 Å². The summed E-state index contributed by atoms with van der Waals surface area (Å²) in [6.07, 6.45) is 0. The molecule has 0 fully saturated rings. The Morgan fingerprint density at radius 1 is 1.10 bits per heavy atom. The highest BCUT2D eigenvalue weighted by Crippen LogP contribution is 2.32. The summed E-state index contributed by atoms with van der Waals surface area (Å²) < 4.78 is 10.7. The zero-order valence-corrected chi connectivity index (χ0v) is 12.9. The third kappa shape index (κ3) is 2.85. The fourth-order valence-corrected chi connectivity index (χ4v) is 2.89. The Kier molecular flexibility index (Phi) is 3.80. The van der Waals surface area contributed by atoms with Crippen LogP contribution in [0.4, 0.5) is 0 Å². The summed E-state index contributed by atoms with van der Waals surface area (Å²) in [7, 11) is 0. The van der Waals surface area contributed by atoms with Gasteiger partial charge in [0.15, 0.2) is 11.5 Å². The largest absolute Gasteiger partial charge is 0.454 e. The molecule has 3 rings (SSSR count). The normalized spacial score (nSPS) is 12.3. The van der Waals surface area contributed by atoms with Crippen LogP contribution in [-0.4, -0.2) is 11.8 Å². The van der Waals surface area contributed by atoms with Crippen LogP contribution in [0, 0.1) is 13.8 Å². The Morgan fingerprint density at radius 3 is 2.57 bits per heavy atom. The zero-order chi connectivity index (χ0) is 14.8. The summed E-state index contributed by atoms with van der Waals surface area (Å²) in [5.74, 6) is 1.60. The van der Waals surface area contributed by atoms with Gasteiger partial charge in [0.25, 0.3) is 0 Å². The van der Waals surface area contributed by atoms with Crippen LogP contribution in [0.1, 0.15) is 22.3 Å². The van der Waals surface area contributed by atoms with E-state index in [9.17, 15) is 0 Å². The van der Waals surface area contributed by atoms with Crippen molar-refractivity contribution in [1.29, 1.82) is 0 Å². The van der Waals surface area contributed by atoms with Gasteiger partial charge in [-0.2, -0.15) is 0 Å². The lowest BCUT2D eigenvalue weighted by atomic mass is 10.0. The first-order valence-corrected chi connectivity index (χ1v) is 7.29. The molecule has 0 spiro atoms. The third-order valence-corrected chi connectivity index (χ3v) is 3.95. The van der Waals surface area contributed by atoms with Crippen LogP contribution in [0.2, 0.25) is 0 Å². The molecule has 0 unspecified atom stereocenters. The summed E-state index contributed by atoms with van der Waals surface area (Å²) in [6, 6.07) is 12.2. The first-order valence-electron chi connectivity index (χ1n) is 6.88. The van der Waals surface area contributed by atoms with Crippen molar-refractivity contribution in [3.63, 3.8) is 0 Å². The molecule has 0 amide bonds. The molecular formula is C17H17NO2S. The van der Waals surface area contributed by atoms with E-state index in [0.29, 0.717) is 13.3 Å². The maximum absolute atomic E-state index is 5.53. The minimum Gasteiger partial charge on any atom is -0.454 e. The third-order valence-electron chi connectivity index (χ3n) is 3.60. The molecule has 0 radical (unpaired) electrons. The first kappa shape index (κ1) is 13.9. The lowest BCUT2D eigenvalue weighted by Gasteiger charge is -2.13. The van der Waals surface area contributed by atoms with Crippen molar-refractivity contribution in [3.8, 4) is 11.5 Å². The molecule has 0 saturated heterocycles. The van der Waals surface area contributed by atoms with Gasteiger partial charge in [0.05, 0.1) is 0 Å². The van der Waals surface area contributed by atoms with Gasteiger partial charge in [-0.3, -0.25) is 0 Å². The summed E-state index contributed by atoms with van der Waals surface area (Å²) in [5, 5.41) is 3.32. The standard InChI is InChI=1S/C17H17NO2S/c1-11-4-3-5-12(2)16(11)17(21)18-9-13-6-7-14-15(8-13)20-10-19-14/h3-8H,9-10H2,1-2H3,(H,18,21). The molecule has 3 nitrogen and oxygen atoms in total. The predicted octanol–water partition coefficient (Wildman–Crippen LogP) is 3.50. The number of ether oxygens (including phenoxy) is 2. The van der Waals surface area contributed by atoms with E-state index in [1.807, 2.05) is 18.2 Å². The highest BCUT2D eigenvalue weighted by atomic mass is 32.1. The fraction of sp³-hybridized carbons (Fsp3) is 0.235. The fourth-order valence-electron chi connectivity index (χ4n) is 2.49. The molecule has 4 heteroatoms. The van der Waals surface area contributed by atoms with Gasteiger partial charge in [0.2, 0.25) is 6.79 Å². The van der Waals surface area contributed by atoms with Crippen LogP contribution in [0.15, 0.2) is 36.4 Å². The molecule has 0 aliphatic carbocycles. The Hall–Kier alpha value is -2.07. The smallest absolute Gasteiger partial charge is 0.231 e. The molecule has 1 heterocycles. The van der Waals surface area contributed by atoms with Crippen molar-refractivity contribution in [2.45, 2.75) is 20.4 Å². The monoisotopic (exact) mass is 299 g/mol. The van der Waals surface area contributed by atoms with Crippen LogP contribution in [0.5, 0.6) is 11.5 Å². The minimum atomic E-state index is 0.299. The molecule has 0 bridgehead atoms. The summed E-state index contributed by atoms with van der Waals surface area (Å²) in [5.41, 5.74) is 4.62. The molecule has 0 aromatic heterocycles. The summed E-state index contributed by atoms with van der Waals surface area (Å²) in [6.45, 7) is 5.13. The number of nitrogens with one attached hydrogen (secondary N) is 1. The van der Waals surface area contributed by atoms with Gasteiger partial charge < -0.3 is 14.8 Å². The van der Waals surface area contributed by atoms with Crippen LogP contribution < -0.4 is 14.8 Å². The predicted molar refractivity (Wildman–Crippen MR) is 87.0 cm³/mol. The maximum Gasteiger partial charge on any atom is 0.231 e. The minimum absolute atomic E-state index is 0.299. The second-order valence-corrected chi connectivity index (χ2v) is 5.55. The van der Waals surface area contributed by atoms with Gasteiger partial charge in [-0.15, -0.1) is 0 Å². The number of benzene rings is 2. The quantitative estimate of drug-likeness (QED) is 0.879. The second-order valence-electron chi connectivity index (χ2n) is 5.14. The van der Waals surface area contributed by atoms with Crippen molar-refractivity contribution >= 4 is 17.2 Å². The van der Waals surface area contributed by atoms with E-state index in [4.69, 9.17) is 21.7 Å². The van der Waals surface area contributed by atoms with Crippen molar-refractivity contribution in [2.24, 2.45) is 0 Å². The van der Waals surface area contributed by atoms with E-state index in [2.05, 4.69) is 37.4 Å². The van der Waals surface area contributed by atoms with E-state index < -0.39 is 0 Å². The summed E-state index contributed by atoms with van der Waals surface area (Å²) in [4.78, 5) is 0.781. The highest BCUT2D eigenvalue weighted by Gasteiger charge is 2.13. The Balaban J connectivity index is 1.71. The van der Waals surface area contributed by atoms with E-state index in [-0.39, 0.29) is 0 Å². The number of thiocarbonyl (C=S) groups is 1. The number of fused-ring (bicyclic) bond motifs is 1. The molecule has 108 valence electrons. The van der Waals surface area contributed by atoms with E-state index in [0.717, 1.165) is 27.6 Å². The summed E-state index contributed by atoms with van der Waals surface area (Å²) >= 11 is 5.53. The molecule has 1 N–H and O–H groups in total. The Labute approximate surface area is 129 Å². The lowest BCUT2D eigenvalue weighted by Crippen LogP contribution is -2.23. The van der Waals surface area contributed by atoms with E-state index in [1.54, 1.807) is 0 Å². The van der Waals surface area contributed by atoms with Crippen molar-refractivity contribution in [2.75, 3.05) is 6.79 Å². The molecule has 0 atom stereocenters. The molecule has 21 heavy (non-hydrogen) atoms. The number of aryl methyl sites for hydroxylation is 2. The number of hydrogen-bond donors (Lipinski definition) is 1. The Bertz CT molecular complexity index is 677. The van der Waals surface area contributed by atoms with Gasteiger partial charge in [0.1, 0.15) is 4.99 Å². The van der Waals surface area contributed by atoms with Crippen molar-refractivity contribution in [1.82, 2.24) is 5.32 Å². The first-order chi connectivity index (χ1) is 10.1. The highest BCUT2D eigenvalue weighted by molar-refractivity contribution is 7.80. The molecule has 1 aliphatic rings. The van der Waals surface area contributed by atoms with Gasteiger partial charge in [-0.25, -0.2) is 0 Å². The molecule has 1 aliphatic heterocycles. The average Bonchev–Trinajstić information content (AvgIpc) is 2.92. The van der Waals surface area contributed by atoms with Crippen LogP contribution >= 0.6 is 12.2 Å². The molecular weight excluding hydrogens is 282 g/mol. The van der Waals surface area contributed by atoms with Gasteiger partial charge in [0, 0.05) is 12.1 Å². The van der Waals surface area contributed by atoms with Gasteiger partial charge in [-0.1, -0.05) is 36.5 Å². The topological polar surface area (TPSA) is 30.5 Å². The number of rotatable bonds is 3. The van der Waals surface area contributed by atoms with Gasteiger partial charge >= 0.3 is 0 Å².